The minimum Gasteiger partial charge on any atom is -0.496 e. The first-order valence-corrected chi connectivity index (χ1v) is 9.92. The summed E-state index contributed by atoms with van der Waals surface area (Å²) >= 11 is 0. The Kier molecular flexibility index (Phi) is 7.14. The van der Waals surface area contributed by atoms with Gasteiger partial charge in [0.05, 0.1) is 29.6 Å². The molecular formula is C21H24N4O6. The summed E-state index contributed by atoms with van der Waals surface area (Å²) in [6.07, 6.45) is 1.26. The maximum atomic E-state index is 12.5. The van der Waals surface area contributed by atoms with Gasteiger partial charge in [0.15, 0.2) is 0 Å². The maximum absolute atomic E-state index is 12.5. The number of non-ortho nitro benzene ring substituents is 2. The minimum absolute atomic E-state index is 0.0163. The quantitative estimate of drug-likeness (QED) is 0.444. The van der Waals surface area contributed by atoms with Gasteiger partial charge in [0, 0.05) is 44.4 Å². The van der Waals surface area contributed by atoms with Crippen LogP contribution in [-0.2, 0) is 17.6 Å². The van der Waals surface area contributed by atoms with Crippen LogP contribution in [0.15, 0.2) is 42.5 Å². The largest absolute Gasteiger partial charge is 0.496 e. The number of benzene rings is 2. The van der Waals surface area contributed by atoms with E-state index in [9.17, 15) is 25.0 Å². The number of nitrogens with zero attached hydrogens (tertiary/aromatic N) is 4. The van der Waals surface area contributed by atoms with Crippen LogP contribution in [0, 0.1) is 20.2 Å². The molecule has 10 nitrogen and oxygen atoms in total. The summed E-state index contributed by atoms with van der Waals surface area (Å²) in [6, 6.07) is 10.9. The summed E-state index contributed by atoms with van der Waals surface area (Å²) in [4.78, 5) is 37.1. The predicted molar refractivity (Wildman–Crippen MR) is 113 cm³/mol. The second-order valence-corrected chi connectivity index (χ2v) is 7.33. The Morgan fingerprint density at radius 3 is 2.23 bits per heavy atom. The number of rotatable bonds is 9. The lowest BCUT2D eigenvalue weighted by atomic mass is 10.1. The Morgan fingerprint density at radius 2 is 1.61 bits per heavy atom. The lowest BCUT2D eigenvalue weighted by Gasteiger charge is -2.34. The monoisotopic (exact) mass is 428 g/mol. The van der Waals surface area contributed by atoms with Crippen molar-refractivity contribution in [3.8, 4) is 5.75 Å². The van der Waals surface area contributed by atoms with Gasteiger partial charge in [-0.2, -0.15) is 0 Å². The number of amides is 1. The van der Waals surface area contributed by atoms with Gasteiger partial charge >= 0.3 is 0 Å². The van der Waals surface area contributed by atoms with E-state index in [1.54, 1.807) is 18.2 Å². The van der Waals surface area contributed by atoms with Crippen molar-refractivity contribution in [2.45, 2.75) is 12.8 Å². The fourth-order valence-electron chi connectivity index (χ4n) is 3.56. The van der Waals surface area contributed by atoms with Crippen molar-refractivity contribution in [1.29, 1.82) is 0 Å². The van der Waals surface area contributed by atoms with Gasteiger partial charge in [0.25, 0.3) is 11.4 Å². The number of hydrogen-bond acceptors (Lipinski definition) is 7. The van der Waals surface area contributed by atoms with E-state index in [1.807, 2.05) is 4.90 Å². The third-order valence-electron chi connectivity index (χ3n) is 5.39. The van der Waals surface area contributed by atoms with Crippen molar-refractivity contribution in [1.82, 2.24) is 9.80 Å². The molecule has 0 aromatic heterocycles. The van der Waals surface area contributed by atoms with Crippen molar-refractivity contribution in [2.75, 3.05) is 39.8 Å². The number of hydrogen-bond donors (Lipinski definition) is 0. The second kappa shape index (κ2) is 9.98. The zero-order chi connectivity index (χ0) is 22.4. The summed E-state index contributed by atoms with van der Waals surface area (Å²) in [5, 5.41) is 21.6. The van der Waals surface area contributed by atoms with Crippen LogP contribution in [0.25, 0.3) is 0 Å². The smallest absolute Gasteiger partial charge is 0.273 e. The molecule has 1 aliphatic heterocycles. The molecule has 1 heterocycles. The summed E-state index contributed by atoms with van der Waals surface area (Å²) in [6.45, 7) is 2.89. The van der Waals surface area contributed by atoms with E-state index in [0.29, 0.717) is 44.8 Å². The molecule has 1 saturated heterocycles. The molecule has 164 valence electrons. The van der Waals surface area contributed by atoms with Crippen LogP contribution < -0.4 is 4.74 Å². The first-order valence-electron chi connectivity index (χ1n) is 9.92. The van der Waals surface area contributed by atoms with Crippen molar-refractivity contribution in [3.63, 3.8) is 0 Å². The standard InChI is InChI=1S/C21H24N4O6/c1-31-20-14-19(25(29)30)7-4-17(20)9-10-22-12-13-23(21(26)15-22)11-8-16-2-5-18(6-3-16)24(27)28/h2-7,14H,8-13,15H2,1H3. The lowest BCUT2D eigenvalue weighted by molar-refractivity contribution is -0.385. The number of methoxy groups -OCH3 is 1. The molecule has 1 fully saturated rings. The van der Waals surface area contributed by atoms with Crippen LogP contribution in [0.1, 0.15) is 11.1 Å². The number of carbonyl (C=O) groups excluding carboxylic acids is 1. The van der Waals surface area contributed by atoms with Crippen molar-refractivity contribution in [2.24, 2.45) is 0 Å². The molecule has 2 aromatic carbocycles. The van der Waals surface area contributed by atoms with E-state index in [2.05, 4.69) is 4.90 Å². The summed E-state index contributed by atoms with van der Waals surface area (Å²) in [5.74, 6) is 0.520. The maximum Gasteiger partial charge on any atom is 0.273 e. The first-order chi connectivity index (χ1) is 14.9. The molecule has 10 heteroatoms. The van der Waals surface area contributed by atoms with E-state index >= 15 is 0 Å². The molecule has 31 heavy (non-hydrogen) atoms. The van der Waals surface area contributed by atoms with Crippen LogP contribution in [0.2, 0.25) is 0 Å². The molecule has 0 atom stereocenters. The topological polar surface area (TPSA) is 119 Å². The highest BCUT2D eigenvalue weighted by atomic mass is 16.6. The Labute approximate surface area is 179 Å². The van der Waals surface area contributed by atoms with Gasteiger partial charge in [-0.1, -0.05) is 12.1 Å². The Morgan fingerprint density at radius 1 is 0.935 bits per heavy atom. The Balaban J connectivity index is 1.48. The van der Waals surface area contributed by atoms with E-state index < -0.39 is 9.85 Å². The fraction of sp³-hybridized carbons (Fsp3) is 0.381. The molecule has 0 spiro atoms. The molecule has 0 radical (unpaired) electrons. The van der Waals surface area contributed by atoms with Crippen LogP contribution in [0.3, 0.4) is 0 Å². The second-order valence-electron chi connectivity index (χ2n) is 7.33. The number of carbonyl (C=O) groups is 1. The van der Waals surface area contributed by atoms with Gasteiger partial charge in [-0.25, -0.2) is 0 Å². The van der Waals surface area contributed by atoms with Crippen molar-refractivity contribution >= 4 is 17.3 Å². The molecule has 3 rings (SSSR count). The molecule has 0 aliphatic carbocycles. The highest BCUT2D eigenvalue weighted by molar-refractivity contribution is 5.79. The third-order valence-corrected chi connectivity index (χ3v) is 5.39. The van der Waals surface area contributed by atoms with E-state index in [0.717, 1.165) is 17.7 Å². The first kappa shape index (κ1) is 22.2. The molecule has 0 saturated carbocycles. The summed E-state index contributed by atoms with van der Waals surface area (Å²) in [7, 11) is 1.48. The van der Waals surface area contributed by atoms with Crippen LogP contribution in [0.4, 0.5) is 11.4 Å². The third kappa shape index (κ3) is 5.76. The molecule has 1 aliphatic rings. The molecule has 1 amide bonds. The lowest BCUT2D eigenvalue weighted by Crippen LogP contribution is -2.51. The average Bonchev–Trinajstić information content (AvgIpc) is 2.77. The van der Waals surface area contributed by atoms with Crippen molar-refractivity contribution < 1.29 is 19.4 Å². The number of nitro benzene ring substituents is 2. The van der Waals surface area contributed by atoms with Crippen molar-refractivity contribution in [3.05, 3.63) is 73.8 Å². The predicted octanol–water partition coefficient (Wildman–Crippen LogP) is 2.44. The zero-order valence-corrected chi connectivity index (χ0v) is 17.2. The normalized spacial score (nSPS) is 14.5. The van der Waals surface area contributed by atoms with Gasteiger partial charge in [-0.15, -0.1) is 0 Å². The van der Waals surface area contributed by atoms with Crippen LogP contribution in [0.5, 0.6) is 5.75 Å². The van der Waals surface area contributed by atoms with E-state index in [4.69, 9.17) is 4.74 Å². The van der Waals surface area contributed by atoms with Gasteiger partial charge < -0.3 is 9.64 Å². The van der Waals surface area contributed by atoms with Gasteiger partial charge in [-0.05, 0) is 30.0 Å². The molecule has 0 unspecified atom stereocenters. The molecular weight excluding hydrogens is 404 g/mol. The van der Waals surface area contributed by atoms with Gasteiger partial charge in [-0.3, -0.25) is 29.9 Å². The van der Waals surface area contributed by atoms with E-state index in [-0.39, 0.29) is 17.3 Å². The van der Waals surface area contributed by atoms with Crippen LogP contribution in [-0.4, -0.2) is 65.4 Å². The highest BCUT2D eigenvalue weighted by Crippen LogP contribution is 2.25. The van der Waals surface area contributed by atoms with E-state index in [1.165, 1.54) is 31.4 Å². The van der Waals surface area contributed by atoms with Gasteiger partial charge in [0.1, 0.15) is 5.75 Å². The Bertz CT molecular complexity index is 963. The Hall–Kier alpha value is -3.53. The zero-order valence-electron chi connectivity index (χ0n) is 17.2. The number of ether oxygens (including phenoxy) is 1. The average molecular weight is 428 g/mol. The van der Waals surface area contributed by atoms with Crippen LogP contribution >= 0.6 is 0 Å². The molecule has 0 N–H and O–H groups in total. The molecule has 0 bridgehead atoms. The SMILES string of the molecule is COc1cc([N+](=O)[O-])ccc1CCN1CCN(CCc2ccc([N+](=O)[O-])cc2)C(=O)C1. The summed E-state index contributed by atoms with van der Waals surface area (Å²) in [5.41, 5.74) is 1.85. The summed E-state index contributed by atoms with van der Waals surface area (Å²) < 4.78 is 5.27. The number of nitro groups is 2. The fourth-order valence-corrected chi connectivity index (χ4v) is 3.56. The molecule has 2 aromatic rings. The highest BCUT2D eigenvalue weighted by Gasteiger charge is 2.24. The number of piperazine rings is 1. The van der Waals surface area contributed by atoms with Gasteiger partial charge in [0.2, 0.25) is 5.91 Å². The minimum atomic E-state index is -0.457.